The van der Waals surface area contributed by atoms with Gasteiger partial charge in [-0.3, -0.25) is 4.79 Å². The molecule has 184 valence electrons. The smallest absolute Gasteiger partial charge is 0.243 e. The van der Waals surface area contributed by atoms with Crippen LogP contribution in [-0.4, -0.2) is 68.2 Å². The summed E-state index contributed by atoms with van der Waals surface area (Å²) in [6.07, 6.45) is 1.49. The van der Waals surface area contributed by atoms with Gasteiger partial charge in [0.25, 0.3) is 0 Å². The average molecular weight is 512 g/mol. The topological polar surface area (TPSA) is 124 Å². The number of anilines is 1. The molecule has 2 unspecified atom stereocenters. The summed E-state index contributed by atoms with van der Waals surface area (Å²) in [4.78, 5) is 12.8. The van der Waals surface area contributed by atoms with Gasteiger partial charge in [-0.25, -0.2) is 21.2 Å². The van der Waals surface area contributed by atoms with Gasteiger partial charge in [0, 0.05) is 31.7 Å². The summed E-state index contributed by atoms with van der Waals surface area (Å²) < 4.78 is 67.1. The van der Waals surface area contributed by atoms with E-state index in [1.54, 1.807) is 0 Å². The normalized spacial score (nSPS) is 22.5. The van der Waals surface area contributed by atoms with E-state index < -0.39 is 43.9 Å². The first kappa shape index (κ1) is 24.7. The Morgan fingerprint density at radius 1 is 0.882 bits per heavy atom. The molecule has 12 heteroatoms. The van der Waals surface area contributed by atoms with Crippen LogP contribution in [0.4, 0.5) is 10.1 Å². The molecule has 2 N–H and O–H groups in total. The van der Waals surface area contributed by atoms with Crippen LogP contribution in [0.15, 0.2) is 58.3 Å². The third-order valence-electron chi connectivity index (χ3n) is 6.03. The number of benzene rings is 2. The van der Waals surface area contributed by atoms with E-state index in [4.69, 9.17) is 0 Å². The predicted octanol–water partition coefficient (Wildman–Crippen LogP) is 1.76. The number of β-amino-alcohol motifs (C(OH)–C–C–N with tert-alkyl or cyclic N) is 1. The van der Waals surface area contributed by atoms with Crippen LogP contribution in [-0.2, 0) is 24.8 Å². The third-order valence-corrected chi connectivity index (χ3v) is 9.83. The number of hydrogen-bond acceptors (Lipinski definition) is 6. The number of aliphatic hydroxyl groups is 1. The van der Waals surface area contributed by atoms with Gasteiger partial charge in [-0.1, -0.05) is 6.42 Å². The predicted molar refractivity (Wildman–Crippen MR) is 122 cm³/mol. The number of nitrogens with zero attached hydrogens (tertiary/aromatic N) is 2. The fourth-order valence-corrected chi connectivity index (χ4v) is 7.37. The number of aliphatic hydroxyl groups excluding tert-OH is 1. The molecule has 2 fully saturated rings. The van der Waals surface area contributed by atoms with E-state index in [0.29, 0.717) is 18.8 Å². The number of sulfonamides is 2. The molecule has 2 atom stereocenters. The monoisotopic (exact) mass is 511 g/mol. The zero-order chi connectivity index (χ0) is 24.5. The van der Waals surface area contributed by atoms with Crippen LogP contribution in [0.1, 0.15) is 25.7 Å². The van der Waals surface area contributed by atoms with Gasteiger partial charge in [0.2, 0.25) is 26.0 Å². The van der Waals surface area contributed by atoms with Crippen molar-refractivity contribution in [1.82, 2.24) is 8.61 Å². The van der Waals surface area contributed by atoms with Gasteiger partial charge in [0.1, 0.15) is 11.9 Å². The van der Waals surface area contributed by atoms with Crippen LogP contribution in [0.2, 0.25) is 0 Å². The molecule has 34 heavy (non-hydrogen) atoms. The zero-order valence-electron chi connectivity index (χ0n) is 18.3. The molecule has 1 amide bonds. The van der Waals surface area contributed by atoms with Crippen molar-refractivity contribution in [3.8, 4) is 0 Å². The molecule has 0 saturated carbocycles. The lowest BCUT2D eigenvalue weighted by atomic mass is 10.2. The van der Waals surface area contributed by atoms with Gasteiger partial charge in [-0.05, 0) is 61.4 Å². The third kappa shape index (κ3) is 5.01. The van der Waals surface area contributed by atoms with Gasteiger partial charge in [0.15, 0.2) is 0 Å². The van der Waals surface area contributed by atoms with Crippen molar-refractivity contribution in [2.75, 3.05) is 25.0 Å². The highest BCUT2D eigenvalue weighted by molar-refractivity contribution is 7.89. The number of halogens is 1. The van der Waals surface area contributed by atoms with Crippen molar-refractivity contribution < 1.29 is 31.1 Å². The lowest BCUT2D eigenvalue weighted by molar-refractivity contribution is -0.119. The highest BCUT2D eigenvalue weighted by atomic mass is 32.2. The molecule has 0 radical (unpaired) electrons. The molecule has 0 aromatic heterocycles. The van der Waals surface area contributed by atoms with Crippen LogP contribution < -0.4 is 5.32 Å². The molecule has 0 aliphatic carbocycles. The molecule has 2 aromatic carbocycles. The van der Waals surface area contributed by atoms with Crippen LogP contribution in [0.3, 0.4) is 0 Å². The fraction of sp³-hybridized carbons (Fsp3) is 0.409. The van der Waals surface area contributed by atoms with Gasteiger partial charge < -0.3 is 10.4 Å². The molecular formula is C22H26FN3O6S2. The summed E-state index contributed by atoms with van der Waals surface area (Å²) in [6, 6.07) is 8.73. The maximum Gasteiger partial charge on any atom is 0.243 e. The number of hydrogen-bond donors (Lipinski definition) is 2. The Hall–Kier alpha value is -2.38. The average Bonchev–Trinajstić information content (AvgIpc) is 3.23. The molecule has 0 spiro atoms. The summed E-state index contributed by atoms with van der Waals surface area (Å²) in [7, 11) is -7.77. The Labute approximate surface area is 198 Å². The number of nitrogens with one attached hydrogen (secondary N) is 1. The molecule has 4 rings (SSSR count). The van der Waals surface area contributed by atoms with Crippen LogP contribution in [0.25, 0.3) is 0 Å². The lowest BCUT2D eigenvalue weighted by Crippen LogP contribution is -2.43. The number of amides is 1. The van der Waals surface area contributed by atoms with Crippen LogP contribution in [0.5, 0.6) is 0 Å². The van der Waals surface area contributed by atoms with Crippen LogP contribution in [0, 0.1) is 5.82 Å². The summed E-state index contributed by atoms with van der Waals surface area (Å²) in [6.45, 7) is 0.678. The minimum Gasteiger partial charge on any atom is -0.392 e. The van der Waals surface area contributed by atoms with E-state index in [0.717, 1.165) is 47.8 Å². The Morgan fingerprint density at radius 3 is 2.06 bits per heavy atom. The van der Waals surface area contributed by atoms with Gasteiger partial charge in [0.05, 0.1) is 15.9 Å². The largest absolute Gasteiger partial charge is 0.392 e. The molecule has 2 aliphatic heterocycles. The quantitative estimate of drug-likeness (QED) is 0.609. The van der Waals surface area contributed by atoms with Gasteiger partial charge in [-0.2, -0.15) is 8.61 Å². The Bertz CT molecular complexity index is 1240. The van der Waals surface area contributed by atoms with E-state index in [1.165, 1.54) is 28.6 Å². The summed E-state index contributed by atoms with van der Waals surface area (Å²) in [5, 5.41) is 12.7. The van der Waals surface area contributed by atoms with Crippen molar-refractivity contribution in [1.29, 1.82) is 0 Å². The maximum atomic E-state index is 13.2. The Kier molecular flexibility index (Phi) is 7.06. The number of piperidine rings is 1. The second-order valence-electron chi connectivity index (χ2n) is 8.41. The maximum absolute atomic E-state index is 13.2. The Morgan fingerprint density at radius 2 is 1.44 bits per heavy atom. The number of carbonyl (C=O) groups excluding carboxylic acids is 1. The van der Waals surface area contributed by atoms with Crippen molar-refractivity contribution >= 4 is 31.6 Å². The molecule has 2 aromatic rings. The Balaban J connectivity index is 1.49. The second-order valence-corrected chi connectivity index (χ2v) is 12.2. The van der Waals surface area contributed by atoms with E-state index in [9.17, 15) is 31.1 Å². The van der Waals surface area contributed by atoms with Crippen molar-refractivity contribution in [3.05, 3.63) is 54.3 Å². The number of carbonyl (C=O) groups is 1. The van der Waals surface area contributed by atoms with Crippen molar-refractivity contribution in [2.45, 2.75) is 47.6 Å². The SMILES string of the molecule is O=C(Nc1ccc(S(=O)(=O)N2CCCCC2)cc1)C1CC(O)CN1S(=O)(=O)c1ccc(F)cc1. The minimum atomic E-state index is -4.15. The molecule has 9 nitrogen and oxygen atoms in total. The first-order chi connectivity index (χ1) is 16.1. The highest BCUT2D eigenvalue weighted by Crippen LogP contribution is 2.28. The number of rotatable bonds is 6. The van der Waals surface area contributed by atoms with Gasteiger partial charge in [-0.15, -0.1) is 0 Å². The van der Waals surface area contributed by atoms with E-state index in [1.807, 2.05) is 0 Å². The van der Waals surface area contributed by atoms with E-state index >= 15 is 0 Å². The standard InChI is InChI=1S/C22H26FN3O6S2/c23-16-4-8-20(9-5-16)34(31,32)26-15-18(27)14-21(26)22(28)24-17-6-10-19(11-7-17)33(29,30)25-12-2-1-3-13-25/h4-11,18,21,27H,1-3,12-15H2,(H,24,28). The molecule has 2 heterocycles. The van der Waals surface area contributed by atoms with E-state index in [2.05, 4.69) is 5.32 Å². The summed E-state index contributed by atoms with van der Waals surface area (Å²) in [5.74, 6) is -1.26. The molecule has 2 saturated heterocycles. The lowest BCUT2D eigenvalue weighted by Gasteiger charge is -2.26. The zero-order valence-corrected chi connectivity index (χ0v) is 19.9. The molecular weight excluding hydrogens is 485 g/mol. The first-order valence-corrected chi connectivity index (χ1v) is 13.8. The summed E-state index contributed by atoms with van der Waals surface area (Å²) in [5.41, 5.74) is 0.295. The van der Waals surface area contributed by atoms with Crippen LogP contribution >= 0.6 is 0 Å². The second kappa shape index (κ2) is 9.70. The minimum absolute atomic E-state index is 0.103. The molecule has 0 bridgehead atoms. The highest BCUT2D eigenvalue weighted by Gasteiger charge is 2.43. The van der Waals surface area contributed by atoms with E-state index in [-0.39, 0.29) is 22.8 Å². The van der Waals surface area contributed by atoms with Crippen molar-refractivity contribution in [3.63, 3.8) is 0 Å². The first-order valence-electron chi connectivity index (χ1n) is 11.0. The fourth-order valence-electron chi connectivity index (χ4n) is 4.22. The van der Waals surface area contributed by atoms with Crippen molar-refractivity contribution in [2.24, 2.45) is 0 Å². The molecule has 2 aliphatic rings. The van der Waals surface area contributed by atoms with Gasteiger partial charge >= 0.3 is 0 Å². The summed E-state index contributed by atoms with van der Waals surface area (Å²) >= 11 is 0.